The molecule has 0 heterocycles. The lowest BCUT2D eigenvalue weighted by Crippen LogP contribution is -2.28. The SMILES string of the molecule is C=C(C)CN(C)C(=O)c1cccc(N)c1OCC. The molecule has 0 saturated heterocycles. The van der Waals surface area contributed by atoms with Crippen molar-refractivity contribution in [1.82, 2.24) is 4.90 Å². The molecule has 0 aromatic heterocycles. The average molecular weight is 248 g/mol. The number of nitrogens with zero attached hydrogens (tertiary/aromatic N) is 1. The summed E-state index contributed by atoms with van der Waals surface area (Å²) in [4.78, 5) is 13.9. The molecule has 18 heavy (non-hydrogen) atoms. The quantitative estimate of drug-likeness (QED) is 0.642. The lowest BCUT2D eigenvalue weighted by Gasteiger charge is -2.19. The second kappa shape index (κ2) is 6.10. The molecule has 0 aliphatic heterocycles. The fourth-order valence-electron chi connectivity index (χ4n) is 1.71. The van der Waals surface area contributed by atoms with Crippen LogP contribution in [0.25, 0.3) is 0 Å². The molecule has 0 aliphatic carbocycles. The van der Waals surface area contributed by atoms with Gasteiger partial charge in [-0.15, -0.1) is 0 Å². The highest BCUT2D eigenvalue weighted by molar-refractivity contribution is 5.98. The highest BCUT2D eigenvalue weighted by Gasteiger charge is 2.18. The highest BCUT2D eigenvalue weighted by Crippen LogP contribution is 2.27. The highest BCUT2D eigenvalue weighted by atomic mass is 16.5. The first-order valence-electron chi connectivity index (χ1n) is 5.88. The van der Waals surface area contributed by atoms with Gasteiger partial charge in [0.15, 0.2) is 5.75 Å². The molecular weight excluding hydrogens is 228 g/mol. The van der Waals surface area contributed by atoms with Crippen molar-refractivity contribution >= 4 is 11.6 Å². The second-order valence-corrected chi connectivity index (χ2v) is 4.28. The summed E-state index contributed by atoms with van der Waals surface area (Å²) >= 11 is 0. The van der Waals surface area contributed by atoms with Crippen LogP contribution in [0.5, 0.6) is 5.75 Å². The number of para-hydroxylation sites is 1. The Kier molecular flexibility index (Phi) is 4.77. The molecular formula is C14H20N2O2. The lowest BCUT2D eigenvalue weighted by molar-refractivity contribution is 0.0803. The number of nitrogens with two attached hydrogens (primary N) is 1. The fourth-order valence-corrected chi connectivity index (χ4v) is 1.71. The van der Waals surface area contributed by atoms with E-state index >= 15 is 0 Å². The molecule has 98 valence electrons. The maximum atomic E-state index is 12.3. The first-order chi connectivity index (χ1) is 8.47. The number of likely N-dealkylation sites (N-methyl/N-ethyl adjacent to an activating group) is 1. The van der Waals surface area contributed by atoms with E-state index in [9.17, 15) is 4.79 Å². The molecule has 0 saturated carbocycles. The van der Waals surface area contributed by atoms with Crippen molar-refractivity contribution in [2.24, 2.45) is 0 Å². The van der Waals surface area contributed by atoms with Gasteiger partial charge in [0.2, 0.25) is 0 Å². The summed E-state index contributed by atoms with van der Waals surface area (Å²) in [5.74, 6) is 0.340. The number of carbonyl (C=O) groups is 1. The smallest absolute Gasteiger partial charge is 0.257 e. The van der Waals surface area contributed by atoms with Crippen LogP contribution in [0.1, 0.15) is 24.2 Å². The van der Waals surface area contributed by atoms with Gasteiger partial charge in [0.05, 0.1) is 17.9 Å². The van der Waals surface area contributed by atoms with E-state index in [1.807, 2.05) is 13.8 Å². The minimum Gasteiger partial charge on any atom is -0.491 e. The van der Waals surface area contributed by atoms with Crippen LogP contribution in [0.15, 0.2) is 30.4 Å². The predicted octanol–water partition coefficient (Wildman–Crippen LogP) is 2.32. The molecule has 0 bridgehead atoms. The third kappa shape index (κ3) is 3.26. The molecule has 4 heteroatoms. The molecule has 1 amide bonds. The van der Waals surface area contributed by atoms with E-state index in [4.69, 9.17) is 10.5 Å². The van der Waals surface area contributed by atoms with Crippen molar-refractivity contribution in [3.05, 3.63) is 35.9 Å². The maximum absolute atomic E-state index is 12.3. The summed E-state index contributed by atoms with van der Waals surface area (Å²) in [5.41, 5.74) is 7.72. The molecule has 4 nitrogen and oxygen atoms in total. The number of ether oxygens (including phenoxy) is 1. The minimum atomic E-state index is -0.117. The van der Waals surface area contributed by atoms with Crippen molar-refractivity contribution in [2.75, 3.05) is 25.9 Å². The van der Waals surface area contributed by atoms with E-state index in [2.05, 4.69) is 6.58 Å². The molecule has 1 aromatic carbocycles. The number of carbonyl (C=O) groups excluding carboxylic acids is 1. The lowest BCUT2D eigenvalue weighted by atomic mass is 10.1. The summed E-state index contributed by atoms with van der Waals surface area (Å²) in [7, 11) is 1.73. The van der Waals surface area contributed by atoms with Crippen molar-refractivity contribution in [3.8, 4) is 5.75 Å². The van der Waals surface area contributed by atoms with Gasteiger partial charge in [-0.2, -0.15) is 0 Å². The van der Waals surface area contributed by atoms with Crippen LogP contribution in [0.2, 0.25) is 0 Å². The Bertz CT molecular complexity index is 455. The Hall–Kier alpha value is -1.97. The Morgan fingerprint density at radius 1 is 1.50 bits per heavy atom. The van der Waals surface area contributed by atoms with Gasteiger partial charge >= 0.3 is 0 Å². The zero-order valence-corrected chi connectivity index (χ0v) is 11.2. The van der Waals surface area contributed by atoms with E-state index in [-0.39, 0.29) is 5.91 Å². The van der Waals surface area contributed by atoms with E-state index in [1.165, 1.54) is 0 Å². The minimum absolute atomic E-state index is 0.117. The Balaban J connectivity index is 3.04. The van der Waals surface area contributed by atoms with Crippen molar-refractivity contribution in [2.45, 2.75) is 13.8 Å². The van der Waals surface area contributed by atoms with Crippen molar-refractivity contribution in [3.63, 3.8) is 0 Å². The van der Waals surface area contributed by atoms with Gasteiger partial charge < -0.3 is 15.4 Å². The van der Waals surface area contributed by atoms with Crippen LogP contribution in [0, 0.1) is 0 Å². The van der Waals surface area contributed by atoms with Crippen LogP contribution in [-0.2, 0) is 0 Å². The van der Waals surface area contributed by atoms with Gasteiger partial charge in [-0.25, -0.2) is 0 Å². The van der Waals surface area contributed by atoms with E-state index in [0.717, 1.165) is 5.57 Å². The second-order valence-electron chi connectivity index (χ2n) is 4.28. The predicted molar refractivity (Wildman–Crippen MR) is 73.8 cm³/mol. The van der Waals surface area contributed by atoms with E-state index in [1.54, 1.807) is 30.1 Å². The van der Waals surface area contributed by atoms with Gasteiger partial charge in [-0.3, -0.25) is 4.79 Å². The van der Waals surface area contributed by atoms with Crippen molar-refractivity contribution in [1.29, 1.82) is 0 Å². The van der Waals surface area contributed by atoms with Crippen LogP contribution in [-0.4, -0.2) is 31.0 Å². The van der Waals surface area contributed by atoms with Crippen LogP contribution >= 0.6 is 0 Å². The normalized spacial score (nSPS) is 9.94. The van der Waals surface area contributed by atoms with Crippen molar-refractivity contribution < 1.29 is 9.53 Å². The van der Waals surface area contributed by atoms with Gasteiger partial charge in [0.1, 0.15) is 0 Å². The molecule has 0 spiro atoms. The molecule has 0 radical (unpaired) electrons. The van der Waals surface area contributed by atoms with Gasteiger partial charge in [-0.05, 0) is 26.0 Å². The first kappa shape index (κ1) is 14.1. The molecule has 2 N–H and O–H groups in total. The standard InChI is InChI=1S/C14H20N2O2/c1-5-18-13-11(7-6-8-12(13)15)14(17)16(4)9-10(2)3/h6-8H,2,5,9,15H2,1,3-4H3. The fraction of sp³-hybridized carbons (Fsp3) is 0.357. The average Bonchev–Trinajstić information content (AvgIpc) is 2.30. The number of hydrogen-bond donors (Lipinski definition) is 1. The third-order valence-electron chi connectivity index (χ3n) is 2.42. The molecule has 1 rings (SSSR count). The third-order valence-corrected chi connectivity index (χ3v) is 2.42. The molecule has 0 unspecified atom stereocenters. The largest absolute Gasteiger partial charge is 0.491 e. The van der Waals surface area contributed by atoms with Crippen LogP contribution < -0.4 is 10.5 Å². The first-order valence-corrected chi connectivity index (χ1v) is 5.88. The maximum Gasteiger partial charge on any atom is 0.257 e. The molecule has 0 atom stereocenters. The topological polar surface area (TPSA) is 55.6 Å². The summed E-state index contributed by atoms with van der Waals surface area (Å²) in [6.45, 7) is 8.52. The molecule has 0 aliphatic rings. The summed E-state index contributed by atoms with van der Waals surface area (Å²) in [5, 5.41) is 0. The van der Waals surface area contributed by atoms with Gasteiger partial charge in [0.25, 0.3) is 5.91 Å². The zero-order valence-electron chi connectivity index (χ0n) is 11.2. The summed E-state index contributed by atoms with van der Waals surface area (Å²) in [6.07, 6.45) is 0. The monoisotopic (exact) mass is 248 g/mol. The van der Waals surface area contributed by atoms with Gasteiger partial charge in [0, 0.05) is 13.6 Å². The number of anilines is 1. The number of amides is 1. The van der Waals surface area contributed by atoms with E-state index < -0.39 is 0 Å². The Morgan fingerprint density at radius 3 is 2.72 bits per heavy atom. The van der Waals surface area contributed by atoms with Gasteiger partial charge in [-0.1, -0.05) is 18.2 Å². The number of nitrogen functional groups attached to an aromatic ring is 1. The molecule has 0 fully saturated rings. The summed E-state index contributed by atoms with van der Waals surface area (Å²) < 4.78 is 5.45. The number of hydrogen-bond acceptors (Lipinski definition) is 3. The van der Waals surface area contributed by atoms with Crippen LogP contribution in [0.4, 0.5) is 5.69 Å². The zero-order chi connectivity index (χ0) is 13.7. The number of benzene rings is 1. The Labute approximate surface area is 108 Å². The number of rotatable bonds is 5. The Morgan fingerprint density at radius 2 is 2.17 bits per heavy atom. The van der Waals surface area contributed by atoms with Crippen LogP contribution in [0.3, 0.4) is 0 Å². The molecule has 1 aromatic rings. The summed E-state index contributed by atoms with van der Waals surface area (Å²) in [6, 6.07) is 5.19. The van der Waals surface area contributed by atoms with E-state index in [0.29, 0.717) is 30.2 Å².